The lowest BCUT2D eigenvalue weighted by Crippen LogP contribution is -2.06. The maximum absolute atomic E-state index is 12.3. The minimum absolute atomic E-state index is 0.222. The van der Waals surface area contributed by atoms with E-state index in [0.717, 1.165) is 28.1 Å². The predicted molar refractivity (Wildman–Crippen MR) is 75.4 cm³/mol. The van der Waals surface area contributed by atoms with E-state index in [2.05, 4.69) is 24.0 Å². The molecular weight excluding hydrogens is 242 g/mol. The van der Waals surface area contributed by atoms with Crippen molar-refractivity contribution in [3.05, 3.63) is 51.0 Å². The van der Waals surface area contributed by atoms with Gasteiger partial charge in [-0.3, -0.25) is 4.79 Å². The number of carbonyl (C=O) groups is 1. The molecule has 1 aromatic carbocycles. The van der Waals surface area contributed by atoms with Crippen molar-refractivity contribution in [1.82, 2.24) is 4.98 Å². The Bertz CT molecular complexity index is 535. The first kappa shape index (κ1) is 13.0. The summed E-state index contributed by atoms with van der Waals surface area (Å²) in [5, 5.41) is 2.98. The van der Waals surface area contributed by atoms with Crippen LogP contribution < -0.4 is 0 Å². The van der Waals surface area contributed by atoms with E-state index in [0.29, 0.717) is 6.42 Å². The molecule has 18 heavy (non-hydrogen) atoms. The number of ketones is 1. The fourth-order valence-corrected chi connectivity index (χ4v) is 2.96. The molecule has 2 rings (SSSR count). The van der Waals surface area contributed by atoms with E-state index in [1.165, 1.54) is 5.56 Å². The number of Topliss-reactive ketones (excluding diaryl/α,β-unsaturated/α-hetero) is 1. The van der Waals surface area contributed by atoms with Gasteiger partial charge in [0.2, 0.25) is 0 Å². The first-order valence-electron chi connectivity index (χ1n) is 6.07. The summed E-state index contributed by atoms with van der Waals surface area (Å²) in [6.45, 7) is 6.08. The molecule has 0 unspecified atom stereocenters. The normalized spacial score (nSPS) is 10.6. The molecule has 0 N–H and O–H groups in total. The van der Waals surface area contributed by atoms with Crippen LogP contribution in [-0.4, -0.2) is 10.8 Å². The van der Waals surface area contributed by atoms with Crippen LogP contribution in [0.25, 0.3) is 0 Å². The molecule has 0 spiro atoms. The van der Waals surface area contributed by atoms with Gasteiger partial charge in [-0.1, -0.05) is 17.7 Å². The second-order valence-electron chi connectivity index (χ2n) is 4.62. The van der Waals surface area contributed by atoms with Gasteiger partial charge >= 0.3 is 0 Å². The summed E-state index contributed by atoms with van der Waals surface area (Å²) in [6, 6.07) is 4.15. The standard InChI is InChI=1S/C15H17NOS/c1-10-8-11(2)15(12(3)9-10)13(17)4-5-14-16-6-7-18-14/h6-9H,4-5H2,1-3H3. The van der Waals surface area contributed by atoms with Crippen molar-refractivity contribution in [3.8, 4) is 0 Å². The lowest BCUT2D eigenvalue weighted by atomic mass is 9.95. The van der Waals surface area contributed by atoms with Crippen LogP contribution in [-0.2, 0) is 6.42 Å². The minimum Gasteiger partial charge on any atom is -0.294 e. The summed E-state index contributed by atoms with van der Waals surface area (Å²) in [4.78, 5) is 16.5. The van der Waals surface area contributed by atoms with Gasteiger partial charge in [0, 0.05) is 30.0 Å². The molecule has 0 atom stereocenters. The molecule has 0 aliphatic carbocycles. The zero-order valence-electron chi connectivity index (χ0n) is 11.0. The Morgan fingerprint density at radius 3 is 2.44 bits per heavy atom. The Morgan fingerprint density at radius 1 is 1.22 bits per heavy atom. The van der Waals surface area contributed by atoms with E-state index in [-0.39, 0.29) is 5.78 Å². The Balaban J connectivity index is 2.14. The molecule has 1 heterocycles. The van der Waals surface area contributed by atoms with Gasteiger partial charge in [-0.2, -0.15) is 0 Å². The summed E-state index contributed by atoms with van der Waals surface area (Å²) in [6.07, 6.45) is 3.06. The average molecular weight is 259 g/mol. The Hall–Kier alpha value is -1.48. The summed E-state index contributed by atoms with van der Waals surface area (Å²) in [7, 11) is 0. The quantitative estimate of drug-likeness (QED) is 0.780. The largest absolute Gasteiger partial charge is 0.294 e. The summed E-state index contributed by atoms with van der Waals surface area (Å²) >= 11 is 1.61. The number of rotatable bonds is 4. The third kappa shape index (κ3) is 2.85. The smallest absolute Gasteiger partial charge is 0.163 e. The van der Waals surface area contributed by atoms with E-state index < -0.39 is 0 Å². The summed E-state index contributed by atoms with van der Waals surface area (Å²) < 4.78 is 0. The third-order valence-electron chi connectivity index (χ3n) is 3.01. The van der Waals surface area contributed by atoms with E-state index in [1.54, 1.807) is 17.5 Å². The molecule has 0 saturated carbocycles. The number of thiazole rings is 1. The highest BCUT2D eigenvalue weighted by Gasteiger charge is 2.13. The van der Waals surface area contributed by atoms with Crippen molar-refractivity contribution in [2.45, 2.75) is 33.6 Å². The second kappa shape index (κ2) is 5.44. The van der Waals surface area contributed by atoms with Crippen LogP contribution in [0.2, 0.25) is 0 Å². The third-order valence-corrected chi connectivity index (χ3v) is 3.84. The highest BCUT2D eigenvalue weighted by molar-refractivity contribution is 7.09. The van der Waals surface area contributed by atoms with Gasteiger partial charge in [0.15, 0.2) is 5.78 Å². The van der Waals surface area contributed by atoms with Crippen molar-refractivity contribution >= 4 is 17.1 Å². The second-order valence-corrected chi connectivity index (χ2v) is 5.60. The fourth-order valence-electron chi connectivity index (χ4n) is 2.34. The lowest BCUT2D eigenvalue weighted by molar-refractivity contribution is 0.0981. The van der Waals surface area contributed by atoms with E-state index in [9.17, 15) is 4.79 Å². The van der Waals surface area contributed by atoms with Crippen LogP contribution in [0.3, 0.4) is 0 Å². The molecule has 2 nitrogen and oxygen atoms in total. The Morgan fingerprint density at radius 2 is 1.89 bits per heavy atom. The molecule has 94 valence electrons. The van der Waals surface area contributed by atoms with Gasteiger partial charge in [-0.15, -0.1) is 11.3 Å². The number of carbonyl (C=O) groups excluding carboxylic acids is 1. The highest BCUT2D eigenvalue weighted by Crippen LogP contribution is 2.19. The molecule has 0 radical (unpaired) electrons. The first-order chi connectivity index (χ1) is 8.58. The number of nitrogens with zero attached hydrogens (tertiary/aromatic N) is 1. The molecule has 0 aliphatic heterocycles. The summed E-state index contributed by atoms with van der Waals surface area (Å²) in [5.41, 5.74) is 4.26. The highest BCUT2D eigenvalue weighted by atomic mass is 32.1. The van der Waals surface area contributed by atoms with Gasteiger partial charge in [0.1, 0.15) is 0 Å². The maximum Gasteiger partial charge on any atom is 0.163 e. The predicted octanol–water partition coefficient (Wildman–Crippen LogP) is 3.88. The van der Waals surface area contributed by atoms with Crippen LogP contribution in [0.15, 0.2) is 23.7 Å². The SMILES string of the molecule is Cc1cc(C)c(C(=O)CCc2nccs2)c(C)c1. The molecule has 1 aromatic heterocycles. The van der Waals surface area contributed by atoms with Gasteiger partial charge in [0.05, 0.1) is 5.01 Å². The first-order valence-corrected chi connectivity index (χ1v) is 6.95. The fraction of sp³-hybridized carbons (Fsp3) is 0.333. The van der Waals surface area contributed by atoms with Gasteiger partial charge in [-0.25, -0.2) is 4.98 Å². The van der Waals surface area contributed by atoms with Gasteiger partial charge < -0.3 is 0 Å². The zero-order chi connectivity index (χ0) is 13.1. The van der Waals surface area contributed by atoms with E-state index >= 15 is 0 Å². The Kier molecular flexibility index (Phi) is 3.92. The average Bonchev–Trinajstić information content (AvgIpc) is 2.77. The Labute approximate surface area is 112 Å². The van der Waals surface area contributed by atoms with Crippen LogP contribution in [0.5, 0.6) is 0 Å². The van der Waals surface area contributed by atoms with E-state index in [4.69, 9.17) is 0 Å². The van der Waals surface area contributed by atoms with Crippen molar-refractivity contribution in [1.29, 1.82) is 0 Å². The van der Waals surface area contributed by atoms with Gasteiger partial charge in [0.25, 0.3) is 0 Å². The number of aryl methyl sites for hydroxylation is 4. The number of hydrogen-bond donors (Lipinski definition) is 0. The maximum atomic E-state index is 12.3. The minimum atomic E-state index is 0.222. The van der Waals surface area contributed by atoms with Crippen LogP contribution in [0, 0.1) is 20.8 Å². The topological polar surface area (TPSA) is 30.0 Å². The van der Waals surface area contributed by atoms with Crippen LogP contribution >= 0.6 is 11.3 Å². The molecule has 0 saturated heterocycles. The van der Waals surface area contributed by atoms with Crippen molar-refractivity contribution < 1.29 is 4.79 Å². The molecule has 2 aromatic rings. The van der Waals surface area contributed by atoms with Crippen LogP contribution in [0.1, 0.15) is 38.5 Å². The van der Waals surface area contributed by atoms with Crippen molar-refractivity contribution in [2.75, 3.05) is 0 Å². The number of benzene rings is 1. The van der Waals surface area contributed by atoms with E-state index in [1.807, 2.05) is 19.2 Å². The summed E-state index contributed by atoms with van der Waals surface area (Å²) in [5.74, 6) is 0.222. The molecule has 0 fully saturated rings. The monoisotopic (exact) mass is 259 g/mol. The molecule has 0 amide bonds. The zero-order valence-corrected chi connectivity index (χ0v) is 11.8. The molecule has 0 bridgehead atoms. The molecule has 0 aliphatic rings. The lowest BCUT2D eigenvalue weighted by Gasteiger charge is -2.09. The molecule has 3 heteroatoms. The van der Waals surface area contributed by atoms with Crippen molar-refractivity contribution in [3.63, 3.8) is 0 Å². The number of hydrogen-bond acceptors (Lipinski definition) is 3. The van der Waals surface area contributed by atoms with Crippen molar-refractivity contribution in [2.24, 2.45) is 0 Å². The number of aromatic nitrogens is 1. The van der Waals surface area contributed by atoms with Gasteiger partial charge in [-0.05, 0) is 31.9 Å². The molecular formula is C15H17NOS. The van der Waals surface area contributed by atoms with Crippen LogP contribution in [0.4, 0.5) is 0 Å².